The Kier molecular flexibility index (Phi) is 6.42. The molecule has 1 aromatic carbocycles. The average molecular weight is 317 g/mol. The third-order valence-corrected chi connectivity index (χ3v) is 3.60. The smallest absolute Gasteiger partial charge is 0.315 e. The predicted octanol–water partition coefficient (Wildman–Crippen LogP) is 3.25. The van der Waals surface area contributed by atoms with Crippen molar-refractivity contribution in [1.82, 2.24) is 10.6 Å². The molecule has 0 aliphatic carbocycles. The van der Waals surface area contributed by atoms with Crippen molar-refractivity contribution < 1.29 is 14.3 Å². The summed E-state index contributed by atoms with van der Waals surface area (Å²) < 4.78 is 13.1. The minimum absolute atomic E-state index is 0.0330. The van der Waals surface area contributed by atoms with Gasteiger partial charge in [-0.2, -0.15) is 0 Å². The van der Waals surface area contributed by atoms with E-state index in [1.54, 1.807) is 13.0 Å². The zero-order valence-corrected chi connectivity index (χ0v) is 13.3. The van der Waals surface area contributed by atoms with Crippen LogP contribution in [-0.2, 0) is 0 Å². The number of hydrogen-bond donors (Lipinski definition) is 3. The molecule has 1 aromatic rings. The Bertz CT molecular complexity index is 495. The summed E-state index contributed by atoms with van der Waals surface area (Å²) in [6.07, 6.45) is 0.608. The van der Waals surface area contributed by atoms with Crippen molar-refractivity contribution in [2.45, 2.75) is 33.2 Å². The van der Waals surface area contributed by atoms with Crippen LogP contribution >= 0.6 is 11.6 Å². The molecule has 0 fully saturated rings. The first-order chi connectivity index (χ1) is 9.75. The zero-order valence-electron chi connectivity index (χ0n) is 12.5. The molecule has 0 heterocycles. The van der Waals surface area contributed by atoms with Gasteiger partial charge >= 0.3 is 6.03 Å². The Morgan fingerprint density at radius 1 is 1.48 bits per heavy atom. The Hall–Kier alpha value is -1.33. The maximum Gasteiger partial charge on any atom is 0.315 e. The number of amides is 2. The number of rotatable bonds is 6. The number of hydrogen-bond acceptors (Lipinski definition) is 2. The number of carbonyl (C=O) groups is 1. The number of carbonyl (C=O) groups excluding carboxylic acids is 1. The molecule has 0 aliphatic rings. The highest BCUT2D eigenvalue weighted by Gasteiger charge is 2.19. The molecule has 4 nitrogen and oxygen atoms in total. The van der Waals surface area contributed by atoms with E-state index >= 15 is 0 Å². The molecule has 0 bridgehead atoms. The van der Waals surface area contributed by atoms with E-state index in [0.29, 0.717) is 13.0 Å². The van der Waals surface area contributed by atoms with Crippen LogP contribution < -0.4 is 10.6 Å². The maximum atomic E-state index is 13.1. The van der Waals surface area contributed by atoms with Gasteiger partial charge in [0.05, 0.1) is 11.1 Å². The van der Waals surface area contributed by atoms with Gasteiger partial charge in [0.1, 0.15) is 5.82 Å². The molecule has 21 heavy (non-hydrogen) atoms. The summed E-state index contributed by atoms with van der Waals surface area (Å²) in [6, 6.07) is 3.76. The third kappa shape index (κ3) is 5.89. The zero-order chi connectivity index (χ0) is 16.0. The van der Waals surface area contributed by atoms with Gasteiger partial charge in [0, 0.05) is 13.2 Å². The van der Waals surface area contributed by atoms with E-state index in [0.717, 1.165) is 5.56 Å². The molecule has 0 saturated carbocycles. The highest BCUT2D eigenvalue weighted by molar-refractivity contribution is 6.30. The molecule has 0 spiro atoms. The fraction of sp³-hybridized carbons (Fsp3) is 0.533. The molecule has 2 amide bonds. The van der Waals surface area contributed by atoms with Crippen molar-refractivity contribution in [1.29, 1.82) is 0 Å². The summed E-state index contributed by atoms with van der Waals surface area (Å²) >= 11 is 5.72. The van der Waals surface area contributed by atoms with Crippen LogP contribution in [0.1, 0.15) is 38.8 Å². The molecule has 6 heteroatoms. The minimum atomic E-state index is -0.483. The number of nitrogens with one attached hydrogen (secondary N) is 2. The largest absolute Gasteiger partial charge is 0.396 e. The topological polar surface area (TPSA) is 61.4 Å². The van der Waals surface area contributed by atoms with Crippen LogP contribution in [-0.4, -0.2) is 24.3 Å². The first-order valence-electron chi connectivity index (χ1n) is 6.85. The molecule has 3 N–H and O–H groups in total. The van der Waals surface area contributed by atoms with Gasteiger partial charge in [-0.3, -0.25) is 0 Å². The summed E-state index contributed by atoms with van der Waals surface area (Å²) in [4.78, 5) is 11.8. The van der Waals surface area contributed by atoms with E-state index in [1.165, 1.54) is 12.1 Å². The molecule has 1 unspecified atom stereocenters. The number of urea groups is 1. The first kappa shape index (κ1) is 17.7. The van der Waals surface area contributed by atoms with Gasteiger partial charge in [0.25, 0.3) is 0 Å². The number of benzene rings is 1. The van der Waals surface area contributed by atoms with E-state index in [-0.39, 0.29) is 29.1 Å². The lowest BCUT2D eigenvalue weighted by atomic mass is 9.90. The minimum Gasteiger partial charge on any atom is -0.396 e. The van der Waals surface area contributed by atoms with Gasteiger partial charge < -0.3 is 15.7 Å². The molecule has 0 aliphatic heterocycles. The van der Waals surface area contributed by atoms with Crippen molar-refractivity contribution in [3.05, 3.63) is 34.6 Å². The molecule has 118 valence electrons. The van der Waals surface area contributed by atoms with Gasteiger partial charge in [0.15, 0.2) is 0 Å². The summed E-state index contributed by atoms with van der Waals surface area (Å²) in [5.41, 5.74) is 0.556. The van der Waals surface area contributed by atoms with Crippen LogP contribution in [0.25, 0.3) is 0 Å². The monoisotopic (exact) mass is 316 g/mol. The van der Waals surface area contributed by atoms with E-state index in [9.17, 15) is 9.18 Å². The fourth-order valence-electron chi connectivity index (χ4n) is 1.82. The number of aliphatic hydroxyl groups excluding tert-OH is 1. The molecule has 1 rings (SSSR count). The number of halogens is 2. The highest BCUT2D eigenvalue weighted by Crippen LogP contribution is 2.21. The normalized spacial score (nSPS) is 12.9. The van der Waals surface area contributed by atoms with E-state index in [2.05, 4.69) is 10.6 Å². The van der Waals surface area contributed by atoms with Gasteiger partial charge in [-0.1, -0.05) is 31.5 Å². The van der Waals surface area contributed by atoms with Crippen LogP contribution in [0.3, 0.4) is 0 Å². The number of aliphatic hydroxyl groups is 1. The summed E-state index contributed by atoms with van der Waals surface area (Å²) in [6.45, 7) is 6.26. The maximum absolute atomic E-state index is 13.1. The summed E-state index contributed by atoms with van der Waals surface area (Å²) in [7, 11) is 0. The Balaban J connectivity index is 2.52. The van der Waals surface area contributed by atoms with Crippen molar-refractivity contribution in [3.63, 3.8) is 0 Å². The van der Waals surface area contributed by atoms with E-state index in [4.69, 9.17) is 16.7 Å². The van der Waals surface area contributed by atoms with Gasteiger partial charge in [0.2, 0.25) is 0 Å². The second-order valence-corrected chi connectivity index (χ2v) is 6.27. The Morgan fingerprint density at radius 2 is 2.14 bits per heavy atom. The standard InChI is InChI=1S/C15H22ClFN2O2/c1-10(11-4-5-13(17)12(16)8-11)19-14(21)18-9-15(2,3)6-7-20/h4-5,8,10,20H,6-7,9H2,1-3H3,(H2,18,19,21). The van der Waals surface area contributed by atoms with Gasteiger partial charge in [-0.15, -0.1) is 0 Å². The van der Waals surface area contributed by atoms with Crippen molar-refractivity contribution >= 4 is 17.6 Å². The molecule has 0 aromatic heterocycles. The SMILES string of the molecule is CC(NC(=O)NCC(C)(C)CCO)c1ccc(F)c(Cl)c1. The Labute approximate surface area is 129 Å². The predicted molar refractivity (Wildman–Crippen MR) is 81.8 cm³/mol. The lowest BCUT2D eigenvalue weighted by Crippen LogP contribution is -2.41. The quantitative estimate of drug-likeness (QED) is 0.754. The van der Waals surface area contributed by atoms with E-state index < -0.39 is 5.82 Å². The van der Waals surface area contributed by atoms with E-state index in [1.807, 2.05) is 13.8 Å². The summed E-state index contributed by atoms with van der Waals surface area (Å²) in [5, 5.41) is 14.5. The second kappa shape index (κ2) is 7.61. The van der Waals surface area contributed by atoms with Crippen molar-refractivity contribution in [3.8, 4) is 0 Å². The molecular weight excluding hydrogens is 295 g/mol. The highest BCUT2D eigenvalue weighted by atomic mass is 35.5. The van der Waals surface area contributed by atoms with Crippen LogP contribution in [0, 0.1) is 11.2 Å². The first-order valence-corrected chi connectivity index (χ1v) is 7.23. The summed E-state index contributed by atoms with van der Waals surface area (Å²) in [5.74, 6) is -0.483. The Morgan fingerprint density at radius 3 is 2.71 bits per heavy atom. The van der Waals surface area contributed by atoms with Gasteiger partial charge in [-0.25, -0.2) is 9.18 Å². The van der Waals surface area contributed by atoms with Crippen molar-refractivity contribution in [2.75, 3.05) is 13.2 Å². The van der Waals surface area contributed by atoms with Crippen molar-refractivity contribution in [2.24, 2.45) is 5.41 Å². The average Bonchev–Trinajstić information content (AvgIpc) is 2.39. The third-order valence-electron chi connectivity index (χ3n) is 3.31. The fourth-order valence-corrected chi connectivity index (χ4v) is 2.01. The molecule has 0 saturated heterocycles. The van der Waals surface area contributed by atoms with Crippen LogP contribution in [0.15, 0.2) is 18.2 Å². The molecule has 1 atom stereocenters. The lowest BCUT2D eigenvalue weighted by molar-refractivity contribution is 0.200. The molecular formula is C15H22ClFN2O2. The van der Waals surface area contributed by atoms with Crippen LogP contribution in [0.5, 0.6) is 0 Å². The molecule has 0 radical (unpaired) electrons. The van der Waals surface area contributed by atoms with Crippen LogP contribution in [0.2, 0.25) is 5.02 Å². The second-order valence-electron chi connectivity index (χ2n) is 5.86. The van der Waals surface area contributed by atoms with Crippen LogP contribution in [0.4, 0.5) is 9.18 Å². The van der Waals surface area contributed by atoms with Gasteiger partial charge in [-0.05, 0) is 36.5 Å². The lowest BCUT2D eigenvalue weighted by Gasteiger charge is -2.24.